The third-order valence-corrected chi connectivity index (χ3v) is 4.40. The average molecular weight is 314 g/mol. The minimum atomic E-state index is 0.170. The molecule has 118 valence electrons. The van der Waals surface area contributed by atoms with Crippen LogP contribution >= 0.6 is 11.8 Å². The van der Waals surface area contributed by atoms with E-state index in [9.17, 15) is 4.79 Å². The monoisotopic (exact) mass is 314 g/mol. The van der Waals surface area contributed by atoms with E-state index in [0.717, 1.165) is 29.7 Å². The van der Waals surface area contributed by atoms with Gasteiger partial charge in [-0.3, -0.25) is 4.79 Å². The van der Waals surface area contributed by atoms with Gasteiger partial charge in [0.15, 0.2) is 5.78 Å². The van der Waals surface area contributed by atoms with Crippen LogP contribution in [0.15, 0.2) is 70.2 Å². The first-order valence-corrected chi connectivity index (χ1v) is 8.98. The van der Waals surface area contributed by atoms with E-state index < -0.39 is 0 Å². The lowest BCUT2D eigenvalue weighted by Crippen LogP contribution is -1.99. The van der Waals surface area contributed by atoms with Crippen molar-refractivity contribution >= 4 is 17.5 Å². The molecule has 0 aromatic heterocycles. The van der Waals surface area contributed by atoms with Gasteiger partial charge in [-0.15, -0.1) is 11.8 Å². The summed E-state index contributed by atoms with van der Waals surface area (Å²) in [4.78, 5) is 13.0. The molecule has 22 heavy (non-hydrogen) atoms. The topological polar surface area (TPSA) is 17.1 Å². The summed E-state index contributed by atoms with van der Waals surface area (Å²) in [6, 6.07) is 10.4. The van der Waals surface area contributed by atoms with Gasteiger partial charge < -0.3 is 0 Å². The summed E-state index contributed by atoms with van der Waals surface area (Å²) < 4.78 is 0. The van der Waals surface area contributed by atoms with Crippen LogP contribution < -0.4 is 0 Å². The highest BCUT2D eigenvalue weighted by Gasteiger charge is 2.11. The van der Waals surface area contributed by atoms with Crippen molar-refractivity contribution in [1.82, 2.24) is 0 Å². The molecule has 1 nitrogen and oxygen atoms in total. The highest BCUT2D eigenvalue weighted by molar-refractivity contribution is 7.99. The molecule has 1 aromatic rings. The molecule has 0 spiro atoms. The lowest BCUT2D eigenvalue weighted by molar-refractivity contribution is -0.113. The van der Waals surface area contributed by atoms with Crippen molar-refractivity contribution in [1.29, 1.82) is 0 Å². The number of Topliss-reactive ketones (excluding diaryl/α,β-unsaturated/α-hetero) is 1. The number of hydrogen-bond donors (Lipinski definition) is 0. The predicted molar refractivity (Wildman–Crippen MR) is 98.4 cm³/mol. The van der Waals surface area contributed by atoms with Crippen LogP contribution in [0.3, 0.4) is 0 Å². The van der Waals surface area contributed by atoms with Gasteiger partial charge in [-0.25, -0.2) is 0 Å². The summed E-state index contributed by atoms with van der Waals surface area (Å²) in [5, 5.41) is 0. The zero-order valence-corrected chi connectivity index (χ0v) is 14.9. The second-order valence-corrected chi connectivity index (χ2v) is 5.86. The SMILES string of the molecule is CC.CCC1=CC(CSc2ccccc2)=CCC=C1C(C)=O. The molecule has 0 fully saturated rings. The Kier molecular flexibility index (Phi) is 8.61. The fourth-order valence-corrected chi connectivity index (χ4v) is 3.15. The van der Waals surface area contributed by atoms with Crippen LogP contribution in [0.1, 0.15) is 40.5 Å². The molecule has 0 aliphatic heterocycles. The van der Waals surface area contributed by atoms with Gasteiger partial charge in [-0.2, -0.15) is 0 Å². The molecule has 2 heteroatoms. The predicted octanol–water partition coefficient (Wildman–Crippen LogP) is 5.99. The van der Waals surface area contributed by atoms with Crippen LogP contribution in [0, 0.1) is 0 Å². The van der Waals surface area contributed by atoms with Crippen LogP contribution in [-0.4, -0.2) is 11.5 Å². The lowest BCUT2D eigenvalue weighted by atomic mass is 9.99. The van der Waals surface area contributed by atoms with E-state index in [0.29, 0.717) is 0 Å². The van der Waals surface area contributed by atoms with E-state index >= 15 is 0 Å². The van der Waals surface area contributed by atoms with E-state index in [4.69, 9.17) is 0 Å². The molecular formula is C20H26OS. The molecule has 0 N–H and O–H groups in total. The highest BCUT2D eigenvalue weighted by Crippen LogP contribution is 2.26. The fourth-order valence-electron chi connectivity index (χ4n) is 2.27. The van der Waals surface area contributed by atoms with Crippen molar-refractivity contribution in [3.63, 3.8) is 0 Å². The van der Waals surface area contributed by atoms with E-state index in [1.165, 1.54) is 10.5 Å². The van der Waals surface area contributed by atoms with E-state index in [2.05, 4.69) is 49.4 Å². The maximum absolute atomic E-state index is 11.7. The number of carbonyl (C=O) groups excluding carboxylic acids is 1. The van der Waals surface area contributed by atoms with Gasteiger partial charge >= 0.3 is 0 Å². The van der Waals surface area contributed by atoms with Crippen LogP contribution in [-0.2, 0) is 4.79 Å². The number of benzene rings is 1. The van der Waals surface area contributed by atoms with Crippen molar-refractivity contribution in [3.8, 4) is 0 Å². The Morgan fingerprint density at radius 2 is 1.82 bits per heavy atom. The van der Waals surface area contributed by atoms with Crippen molar-refractivity contribution < 1.29 is 4.79 Å². The average Bonchev–Trinajstić information content (AvgIpc) is 2.78. The molecule has 0 heterocycles. The first kappa shape index (κ1) is 18.5. The molecule has 0 saturated heterocycles. The van der Waals surface area contributed by atoms with Crippen LogP contribution in [0.5, 0.6) is 0 Å². The molecular weight excluding hydrogens is 288 g/mol. The number of carbonyl (C=O) groups is 1. The number of rotatable bonds is 5. The van der Waals surface area contributed by atoms with Gasteiger partial charge in [0.2, 0.25) is 0 Å². The van der Waals surface area contributed by atoms with Crippen LogP contribution in [0.4, 0.5) is 0 Å². The minimum Gasteiger partial charge on any atom is -0.295 e. The molecule has 1 aromatic carbocycles. The summed E-state index contributed by atoms with van der Waals surface area (Å²) in [6.45, 7) is 7.76. The van der Waals surface area contributed by atoms with Crippen molar-refractivity contribution in [2.24, 2.45) is 0 Å². The van der Waals surface area contributed by atoms with Crippen LogP contribution in [0.2, 0.25) is 0 Å². The van der Waals surface area contributed by atoms with Gasteiger partial charge in [0.25, 0.3) is 0 Å². The molecule has 0 atom stereocenters. The van der Waals surface area contributed by atoms with E-state index in [-0.39, 0.29) is 5.78 Å². The number of ketones is 1. The summed E-state index contributed by atoms with van der Waals surface area (Å²) in [7, 11) is 0. The third kappa shape index (κ3) is 5.69. The largest absolute Gasteiger partial charge is 0.295 e. The molecule has 0 amide bonds. The lowest BCUT2D eigenvalue weighted by Gasteiger charge is -2.07. The van der Waals surface area contributed by atoms with Gasteiger partial charge in [0, 0.05) is 16.2 Å². The Morgan fingerprint density at radius 1 is 1.14 bits per heavy atom. The number of thioether (sulfide) groups is 1. The Labute approximate surface area is 139 Å². The molecule has 0 bridgehead atoms. The van der Waals surface area contributed by atoms with Crippen molar-refractivity contribution in [3.05, 3.63) is 65.3 Å². The summed E-state index contributed by atoms with van der Waals surface area (Å²) >= 11 is 1.84. The van der Waals surface area contributed by atoms with Crippen LogP contribution in [0.25, 0.3) is 0 Å². The minimum absolute atomic E-state index is 0.170. The Morgan fingerprint density at radius 3 is 2.41 bits per heavy atom. The highest BCUT2D eigenvalue weighted by atomic mass is 32.2. The molecule has 0 saturated carbocycles. The second-order valence-electron chi connectivity index (χ2n) is 4.81. The first-order valence-electron chi connectivity index (χ1n) is 7.99. The Balaban J connectivity index is 0.00000116. The van der Waals surface area contributed by atoms with Crippen molar-refractivity contribution in [2.45, 2.75) is 45.4 Å². The number of hydrogen-bond acceptors (Lipinski definition) is 2. The fraction of sp³-hybridized carbons (Fsp3) is 0.350. The Hall–Kier alpha value is -1.54. The number of allylic oxidation sites excluding steroid dienone is 5. The maximum Gasteiger partial charge on any atom is 0.159 e. The normalized spacial score (nSPS) is 13.9. The molecule has 1 aliphatic carbocycles. The summed E-state index contributed by atoms with van der Waals surface area (Å²) in [5.41, 5.74) is 3.36. The standard InChI is InChI=1S/C18H20OS.C2H6/c1-3-16-12-15(8-7-11-18(16)14(2)19)13-20-17-9-5-4-6-10-17;1-2/h4-6,8-12H,3,7,13H2,1-2H3;1-2H3. The second kappa shape index (κ2) is 10.2. The van der Waals surface area contributed by atoms with Gasteiger partial charge in [-0.1, -0.05) is 57.2 Å². The maximum atomic E-state index is 11.7. The molecule has 2 rings (SSSR count). The zero-order chi connectivity index (χ0) is 16.4. The summed E-state index contributed by atoms with van der Waals surface area (Å²) in [6.07, 6.45) is 8.22. The van der Waals surface area contributed by atoms with Crippen molar-refractivity contribution in [2.75, 3.05) is 5.75 Å². The molecule has 0 unspecified atom stereocenters. The zero-order valence-electron chi connectivity index (χ0n) is 14.1. The van der Waals surface area contributed by atoms with Gasteiger partial charge in [0.05, 0.1) is 0 Å². The molecule has 1 aliphatic rings. The smallest absolute Gasteiger partial charge is 0.159 e. The third-order valence-electron chi connectivity index (χ3n) is 3.32. The summed E-state index contributed by atoms with van der Waals surface area (Å²) in [5.74, 6) is 1.12. The van der Waals surface area contributed by atoms with E-state index in [1.807, 2.05) is 31.7 Å². The molecule has 0 radical (unpaired) electrons. The first-order chi connectivity index (χ1) is 10.7. The Bertz CT molecular complexity index is 565. The quantitative estimate of drug-likeness (QED) is 0.621. The van der Waals surface area contributed by atoms with E-state index in [1.54, 1.807) is 6.92 Å². The van der Waals surface area contributed by atoms with Gasteiger partial charge in [-0.05, 0) is 43.0 Å². The van der Waals surface area contributed by atoms with Gasteiger partial charge in [0.1, 0.15) is 0 Å².